The Labute approximate surface area is 124 Å². The molecule has 0 spiro atoms. The van der Waals surface area contributed by atoms with Gasteiger partial charge in [0, 0.05) is 18.4 Å². The quantitative estimate of drug-likeness (QED) is 0.805. The summed E-state index contributed by atoms with van der Waals surface area (Å²) >= 11 is 0. The summed E-state index contributed by atoms with van der Waals surface area (Å²) in [5.41, 5.74) is 1.41. The molecule has 1 aliphatic carbocycles. The fourth-order valence-electron chi connectivity index (χ4n) is 3.65. The van der Waals surface area contributed by atoms with E-state index in [0.29, 0.717) is 6.04 Å². The molecule has 1 saturated carbocycles. The summed E-state index contributed by atoms with van der Waals surface area (Å²) in [4.78, 5) is 4.11. The van der Waals surface area contributed by atoms with Crippen LogP contribution in [0.4, 0.5) is 0 Å². The van der Waals surface area contributed by atoms with Gasteiger partial charge in [0.25, 0.3) is 0 Å². The summed E-state index contributed by atoms with van der Waals surface area (Å²) in [7, 11) is 2.12. The number of nitrogens with zero attached hydrogens (tertiary/aromatic N) is 1. The van der Waals surface area contributed by atoms with Gasteiger partial charge in [0.15, 0.2) is 0 Å². The molecule has 112 valence electrons. The van der Waals surface area contributed by atoms with Crippen LogP contribution in [0, 0.1) is 11.8 Å². The fraction of sp³-hybridized carbons (Fsp3) is 0.722. The van der Waals surface area contributed by atoms with E-state index >= 15 is 0 Å². The number of nitrogens with one attached hydrogen (secondary N) is 1. The van der Waals surface area contributed by atoms with Crippen LogP contribution in [0.3, 0.4) is 0 Å². The molecular formula is C18H30N2. The molecule has 1 aromatic rings. The summed E-state index contributed by atoms with van der Waals surface area (Å²) in [5, 5.41) is 3.56. The summed E-state index contributed by atoms with van der Waals surface area (Å²) in [5.74, 6) is 1.86. The first-order valence-corrected chi connectivity index (χ1v) is 8.39. The normalized spacial score (nSPS) is 24.5. The van der Waals surface area contributed by atoms with E-state index in [-0.39, 0.29) is 0 Å². The van der Waals surface area contributed by atoms with E-state index in [2.05, 4.69) is 36.4 Å². The number of likely N-dealkylation sites (N-methyl/N-ethyl adjacent to an activating group) is 1. The lowest BCUT2D eigenvalue weighted by molar-refractivity contribution is 0.216. The van der Waals surface area contributed by atoms with E-state index in [1.54, 1.807) is 0 Å². The molecule has 0 aromatic carbocycles. The monoisotopic (exact) mass is 274 g/mol. The zero-order chi connectivity index (χ0) is 14.2. The first-order valence-electron chi connectivity index (χ1n) is 8.39. The summed E-state index contributed by atoms with van der Waals surface area (Å²) < 4.78 is 0. The van der Waals surface area contributed by atoms with Crippen molar-refractivity contribution in [1.82, 2.24) is 10.3 Å². The second-order valence-corrected chi connectivity index (χ2v) is 6.38. The second-order valence-electron chi connectivity index (χ2n) is 6.38. The molecule has 1 heterocycles. The third kappa shape index (κ3) is 4.59. The maximum absolute atomic E-state index is 4.11. The lowest BCUT2D eigenvalue weighted by Gasteiger charge is -2.34. The standard InChI is InChI=1S/C18H30N2/c1-3-4-5-15-6-8-17(9-7-15)18(19-2)14-16-10-12-20-13-11-16/h10-13,15,17-19H,3-9,14H2,1-2H3. The number of hydrogen-bond donors (Lipinski definition) is 1. The van der Waals surface area contributed by atoms with Crippen LogP contribution in [-0.4, -0.2) is 18.1 Å². The highest BCUT2D eigenvalue weighted by Gasteiger charge is 2.26. The van der Waals surface area contributed by atoms with Crippen molar-refractivity contribution < 1.29 is 0 Å². The Morgan fingerprint density at radius 1 is 1.20 bits per heavy atom. The molecule has 2 nitrogen and oxygen atoms in total. The molecule has 2 rings (SSSR count). The lowest BCUT2D eigenvalue weighted by Crippen LogP contribution is -2.37. The lowest BCUT2D eigenvalue weighted by atomic mass is 9.75. The van der Waals surface area contributed by atoms with Crippen molar-refractivity contribution in [3.05, 3.63) is 30.1 Å². The summed E-state index contributed by atoms with van der Waals surface area (Å²) in [6, 6.07) is 4.93. The minimum absolute atomic E-state index is 0.629. The maximum Gasteiger partial charge on any atom is 0.0270 e. The number of rotatable bonds is 7. The van der Waals surface area contributed by atoms with E-state index in [1.165, 1.54) is 50.5 Å². The molecular weight excluding hydrogens is 244 g/mol. The van der Waals surface area contributed by atoms with Crippen molar-refractivity contribution in [1.29, 1.82) is 0 Å². The van der Waals surface area contributed by atoms with Crippen molar-refractivity contribution in [2.45, 2.75) is 64.3 Å². The van der Waals surface area contributed by atoms with Gasteiger partial charge in [0.1, 0.15) is 0 Å². The van der Waals surface area contributed by atoms with Crippen molar-refractivity contribution >= 4 is 0 Å². The van der Waals surface area contributed by atoms with Gasteiger partial charge in [-0.2, -0.15) is 0 Å². The zero-order valence-electron chi connectivity index (χ0n) is 13.1. The van der Waals surface area contributed by atoms with E-state index in [1.807, 2.05) is 12.4 Å². The van der Waals surface area contributed by atoms with Crippen LogP contribution in [0.25, 0.3) is 0 Å². The molecule has 1 unspecified atom stereocenters. The van der Waals surface area contributed by atoms with Gasteiger partial charge in [-0.1, -0.05) is 39.0 Å². The highest BCUT2D eigenvalue weighted by molar-refractivity contribution is 5.11. The predicted octanol–water partition coefficient (Wildman–Crippen LogP) is 4.21. The molecule has 1 fully saturated rings. The molecule has 0 aliphatic heterocycles. The van der Waals surface area contributed by atoms with Crippen LogP contribution in [0.5, 0.6) is 0 Å². The van der Waals surface area contributed by atoms with Gasteiger partial charge in [-0.25, -0.2) is 0 Å². The Bertz CT molecular complexity index is 355. The molecule has 1 aromatic heterocycles. The van der Waals surface area contributed by atoms with Crippen LogP contribution in [0.2, 0.25) is 0 Å². The summed E-state index contributed by atoms with van der Waals surface area (Å²) in [6.45, 7) is 2.30. The highest BCUT2D eigenvalue weighted by Crippen LogP contribution is 2.34. The Hall–Kier alpha value is -0.890. The largest absolute Gasteiger partial charge is 0.316 e. The molecule has 1 N–H and O–H groups in total. The Morgan fingerprint density at radius 2 is 1.90 bits per heavy atom. The number of aromatic nitrogens is 1. The van der Waals surface area contributed by atoms with Crippen LogP contribution >= 0.6 is 0 Å². The average Bonchev–Trinajstić information content (AvgIpc) is 2.52. The first kappa shape index (κ1) is 15.5. The van der Waals surface area contributed by atoms with Crippen LogP contribution in [-0.2, 0) is 6.42 Å². The van der Waals surface area contributed by atoms with Crippen molar-refractivity contribution in [3.63, 3.8) is 0 Å². The van der Waals surface area contributed by atoms with Gasteiger partial charge < -0.3 is 5.32 Å². The SMILES string of the molecule is CCCCC1CCC(C(Cc2ccncc2)NC)CC1. The van der Waals surface area contributed by atoms with Crippen molar-refractivity contribution in [3.8, 4) is 0 Å². The molecule has 20 heavy (non-hydrogen) atoms. The molecule has 0 bridgehead atoms. The van der Waals surface area contributed by atoms with Crippen LogP contribution in [0.1, 0.15) is 57.4 Å². The minimum Gasteiger partial charge on any atom is -0.316 e. The fourth-order valence-corrected chi connectivity index (χ4v) is 3.65. The third-order valence-electron chi connectivity index (χ3n) is 5.00. The van der Waals surface area contributed by atoms with E-state index in [4.69, 9.17) is 0 Å². The van der Waals surface area contributed by atoms with E-state index < -0.39 is 0 Å². The molecule has 0 saturated heterocycles. The minimum atomic E-state index is 0.629. The number of unbranched alkanes of at least 4 members (excludes halogenated alkanes) is 1. The van der Waals surface area contributed by atoms with Gasteiger partial charge in [-0.3, -0.25) is 4.98 Å². The Kier molecular flexibility index (Phi) is 6.52. The third-order valence-corrected chi connectivity index (χ3v) is 5.00. The van der Waals surface area contributed by atoms with Crippen LogP contribution < -0.4 is 5.32 Å². The van der Waals surface area contributed by atoms with Gasteiger partial charge in [-0.15, -0.1) is 0 Å². The van der Waals surface area contributed by atoms with Crippen molar-refractivity contribution in [2.75, 3.05) is 7.05 Å². The van der Waals surface area contributed by atoms with Crippen LogP contribution in [0.15, 0.2) is 24.5 Å². The number of pyridine rings is 1. The average molecular weight is 274 g/mol. The molecule has 0 radical (unpaired) electrons. The first-order chi connectivity index (χ1) is 9.83. The van der Waals surface area contributed by atoms with Gasteiger partial charge in [0.05, 0.1) is 0 Å². The Morgan fingerprint density at radius 3 is 2.50 bits per heavy atom. The molecule has 0 amide bonds. The van der Waals surface area contributed by atoms with Gasteiger partial charge in [-0.05, 0) is 55.8 Å². The summed E-state index contributed by atoms with van der Waals surface area (Å²) in [6.07, 6.45) is 14.9. The van der Waals surface area contributed by atoms with Crippen molar-refractivity contribution in [2.24, 2.45) is 11.8 Å². The van der Waals surface area contributed by atoms with E-state index in [9.17, 15) is 0 Å². The second kappa shape index (κ2) is 8.41. The van der Waals surface area contributed by atoms with Gasteiger partial charge in [0.2, 0.25) is 0 Å². The highest BCUT2D eigenvalue weighted by atomic mass is 14.9. The van der Waals surface area contributed by atoms with Gasteiger partial charge >= 0.3 is 0 Å². The molecule has 1 atom stereocenters. The molecule has 1 aliphatic rings. The van der Waals surface area contributed by atoms with E-state index in [0.717, 1.165) is 18.3 Å². The maximum atomic E-state index is 4.11. The predicted molar refractivity (Wildman–Crippen MR) is 85.8 cm³/mol. The molecule has 2 heteroatoms. The smallest absolute Gasteiger partial charge is 0.0270 e. The zero-order valence-corrected chi connectivity index (χ0v) is 13.1. The Balaban J connectivity index is 1.81. The topological polar surface area (TPSA) is 24.9 Å². The number of hydrogen-bond acceptors (Lipinski definition) is 2.